The normalized spacial score (nSPS) is 22.5. The molecule has 0 spiro atoms. The minimum Gasteiger partial charge on any atom is -0.394 e. The zero-order valence-electron chi connectivity index (χ0n) is 11.8. The molecule has 3 rings (SSSR count). The molecule has 1 fully saturated rings. The highest BCUT2D eigenvalue weighted by Gasteiger charge is 2.31. The average molecular weight is 306 g/mol. The van der Waals surface area contributed by atoms with Gasteiger partial charge < -0.3 is 19.3 Å². The summed E-state index contributed by atoms with van der Waals surface area (Å²) in [4.78, 5) is 15.3. The second kappa shape index (κ2) is 6.01. The van der Waals surface area contributed by atoms with Crippen LogP contribution in [0.1, 0.15) is 16.6 Å². The number of hydrogen-bond acceptors (Lipinski definition) is 4. The first-order chi connectivity index (χ1) is 10.2. The van der Waals surface area contributed by atoms with Crippen molar-refractivity contribution in [3.8, 4) is 5.69 Å². The van der Waals surface area contributed by atoms with Gasteiger partial charge in [-0.05, 0) is 30.5 Å². The first kappa shape index (κ1) is 14.3. The van der Waals surface area contributed by atoms with Crippen molar-refractivity contribution in [3.05, 3.63) is 40.8 Å². The smallest absolute Gasteiger partial charge is 0.266 e. The van der Waals surface area contributed by atoms with Crippen LogP contribution in [-0.2, 0) is 4.74 Å². The molecule has 1 N–H and O–H groups in total. The van der Waals surface area contributed by atoms with E-state index in [-0.39, 0.29) is 24.7 Å². The lowest BCUT2D eigenvalue weighted by molar-refractivity contribution is -0.0666. The van der Waals surface area contributed by atoms with E-state index in [0.29, 0.717) is 13.2 Å². The van der Waals surface area contributed by atoms with Gasteiger partial charge in [0.25, 0.3) is 5.91 Å². The van der Waals surface area contributed by atoms with Crippen LogP contribution in [0.4, 0.5) is 0 Å². The topological polar surface area (TPSA) is 54.7 Å². The van der Waals surface area contributed by atoms with Crippen LogP contribution in [0.5, 0.6) is 0 Å². The highest BCUT2D eigenvalue weighted by molar-refractivity contribution is 7.12. The van der Waals surface area contributed by atoms with Gasteiger partial charge in [0.1, 0.15) is 4.88 Å². The molecule has 2 aromatic rings. The monoisotopic (exact) mass is 306 g/mol. The van der Waals surface area contributed by atoms with E-state index in [1.54, 1.807) is 4.90 Å². The summed E-state index contributed by atoms with van der Waals surface area (Å²) in [6.07, 6.45) is 3.57. The number of aliphatic hydroxyl groups excluding tert-OH is 1. The second-order valence-electron chi connectivity index (χ2n) is 5.17. The van der Waals surface area contributed by atoms with E-state index in [2.05, 4.69) is 0 Å². The third-order valence-corrected chi connectivity index (χ3v) is 4.58. The number of thiophene rings is 1. The number of hydrogen-bond donors (Lipinski definition) is 1. The van der Waals surface area contributed by atoms with Gasteiger partial charge in [-0.2, -0.15) is 0 Å². The molecule has 1 aliphatic heterocycles. The van der Waals surface area contributed by atoms with Crippen LogP contribution in [0.2, 0.25) is 0 Å². The minimum absolute atomic E-state index is 0.00273. The third-order valence-electron chi connectivity index (χ3n) is 3.69. The number of carbonyl (C=O) groups excluding carboxylic acids is 1. The molecule has 1 aliphatic rings. The lowest BCUT2D eigenvalue weighted by Gasteiger charge is -2.37. The van der Waals surface area contributed by atoms with Gasteiger partial charge in [-0.15, -0.1) is 11.3 Å². The Balaban J connectivity index is 1.87. The van der Waals surface area contributed by atoms with Crippen molar-refractivity contribution >= 4 is 17.2 Å². The van der Waals surface area contributed by atoms with Crippen molar-refractivity contribution < 1.29 is 14.6 Å². The summed E-state index contributed by atoms with van der Waals surface area (Å²) >= 11 is 1.45. The number of amides is 1. The number of rotatable bonds is 3. The maximum atomic E-state index is 12.8. The summed E-state index contributed by atoms with van der Waals surface area (Å²) in [5.41, 5.74) is 0.897. The van der Waals surface area contributed by atoms with Gasteiger partial charge in [-0.1, -0.05) is 0 Å². The molecular weight excluding hydrogens is 288 g/mol. The van der Waals surface area contributed by atoms with E-state index in [1.807, 2.05) is 47.5 Å². The number of nitrogens with zero attached hydrogens (tertiary/aromatic N) is 2. The molecule has 3 heterocycles. The van der Waals surface area contributed by atoms with Crippen molar-refractivity contribution in [2.45, 2.75) is 19.1 Å². The maximum Gasteiger partial charge on any atom is 0.266 e. The fourth-order valence-corrected chi connectivity index (χ4v) is 3.35. The first-order valence-corrected chi connectivity index (χ1v) is 7.83. The van der Waals surface area contributed by atoms with Crippen LogP contribution in [0, 0.1) is 0 Å². The summed E-state index contributed by atoms with van der Waals surface area (Å²) < 4.78 is 7.44. The van der Waals surface area contributed by atoms with Crippen LogP contribution in [0.3, 0.4) is 0 Å². The zero-order valence-corrected chi connectivity index (χ0v) is 12.6. The predicted octanol–water partition coefficient (Wildman–Crippen LogP) is 1.76. The number of morpholine rings is 1. The fraction of sp³-hybridized carbons (Fsp3) is 0.400. The van der Waals surface area contributed by atoms with Gasteiger partial charge in [0, 0.05) is 18.9 Å². The highest BCUT2D eigenvalue weighted by Crippen LogP contribution is 2.25. The van der Waals surface area contributed by atoms with Crippen LogP contribution < -0.4 is 0 Å². The first-order valence-electron chi connectivity index (χ1n) is 6.95. The van der Waals surface area contributed by atoms with E-state index in [1.165, 1.54) is 11.3 Å². The van der Waals surface area contributed by atoms with E-state index in [0.717, 1.165) is 10.6 Å². The van der Waals surface area contributed by atoms with Crippen molar-refractivity contribution in [3.63, 3.8) is 0 Å². The van der Waals surface area contributed by atoms with Crippen molar-refractivity contribution in [1.29, 1.82) is 0 Å². The Morgan fingerprint density at radius 1 is 1.48 bits per heavy atom. The third kappa shape index (κ3) is 2.74. The molecule has 1 saturated heterocycles. The van der Waals surface area contributed by atoms with Crippen molar-refractivity contribution in [2.75, 3.05) is 19.8 Å². The average Bonchev–Trinajstić information content (AvgIpc) is 3.17. The lowest BCUT2D eigenvalue weighted by atomic mass is 10.2. The Kier molecular flexibility index (Phi) is 4.10. The summed E-state index contributed by atoms with van der Waals surface area (Å²) in [6, 6.07) is 5.84. The van der Waals surface area contributed by atoms with Gasteiger partial charge in [0.05, 0.1) is 31.0 Å². The molecule has 2 aromatic heterocycles. The Morgan fingerprint density at radius 3 is 2.95 bits per heavy atom. The summed E-state index contributed by atoms with van der Waals surface area (Å²) in [5, 5.41) is 11.2. The lowest BCUT2D eigenvalue weighted by Crippen LogP contribution is -2.52. The van der Waals surface area contributed by atoms with Gasteiger partial charge in [0.15, 0.2) is 0 Å². The van der Waals surface area contributed by atoms with Crippen molar-refractivity contribution in [2.24, 2.45) is 0 Å². The zero-order chi connectivity index (χ0) is 14.8. The molecular formula is C15H18N2O3S. The van der Waals surface area contributed by atoms with Gasteiger partial charge in [-0.3, -0.25) is 4.79 Å². The van der Waals surface area contributed by atoms with E-state index >= 15 is 0 Å². The van der Waals surface area contributed by atoms with Crippen LogP contribution >= 0.6 is 11.3 Å². The molecule has 112 valence electrons. The standard InChI is InChI=1S/C15H18N2O3S/c1-11-10-20-12(9-18)8-17(11)15(19)14-13(4-7-21-14)16-5-2-3-6-16/h2-7,11-12,18H,8-10H2,1H3. The maximum absolute atomic E-state index is 12.8. The van der Waals surface area contributed by atoms with Gasteiger partial charge in [0.2, 0.25) is 0 Å². The predicted molar refractivity (Wildman–Crippen MR) is 81.0 cm³/mol. The van der Waals surface area contributed by atoms with E-state index < -0.39 is 0 Å². The van der Waals surface area contributed by atoms with Crippen LogP contribution in [-0.4, -0.2) is 52.4 Å². The summed E-state index contributed by atoms with van der Waals surface area (Å²) in [7, 11) is 0. The van der Waals surface area contributed by atoms with E-state index in [4.69, 9.17) is 4.74 Å². The number of carbonyl (C=O) groups is 1. The van der Waals surface area contributed by atoms with Gasteiger partial charge in [-0.25, -0.2) is 0 Å². The Labute approximate surface area is 127 Å². The number of aromatic nitrogens is 1. The molecule has 0 bridgehead atoms. The molecule has 21 heavy (non-hydrogen) atoms. The molecule has 1 amide bonds. The number of ether oxygens (including phenoxy) is 1. The molecule has 0 aromatic carbocycles. The molecule has 0 radical (unpaired) electrons. The summed E-state index contributed by atoms with van der Waals surface area (Å²) in [6.45, 7) is 2.79. The largest absolute Gasteiger partial charge is 0.394 e. The fourth-order valence-electron chi connectivity index (χ4n) is 2.50. The molecule has 5 nitrogen and oxygen atoms in total. The Hall–Kier alpha value is -1.63. The van der Waals surface area contributed by atoms with E-state index in [9.17, 15) is 9.90 Å². The summed E-state index contributed by atoms with van der Waals surface area (Å²) in [5.74, 6) is 0.00273. The SMILES string of the molecule is CC1COC(CO)CN1C(=O)c1sccc1-n1cccc1. The minimum atomic E-state index is -0.292. The molecule has 2 unspecified atom stereocenters. The molecule has 0 saturated carbocycles. The highest BCUT2D eigenvalue weighted by atomic mass is 32.1. The van der Waals surface area contributed by atoms with Crippen LogP contribution in [0.15, 0.2) is 36.0 Å². The van der Waals surface area contributed by atoms with Crippen molar-refractivity contribution in [1.82, 2.24) is 9.47 Å². The molecule has 0 aliphatic carbocycles. The quantitative estimate of drug-likeness (QED) is 0.940. The Bertz CT molecular complexity index is 608. The van der Waals surface area contributed by atoms with Gasteiger partial charge >= 0.3 is 0 Å². The molecule has 2 atom stereocenters. The Morgan fingerprint density at radius 2 is 2.24 bits per heavy atom. The van der Waals surface area contributed by atoms with Crippen LogP contribution in [0.25, 0.3) is 5.69 Å². The second-order valence-corrected chi connectivity index (χ2v) is 6.09. The molecule has 6 heteroatoms. The number of aliphatic hydroxyl groups is 1.